The highest BCUT2D eigenvalue weighted by atomic mass is 19.4. The van der Waals surface area contributed by atoms with Gasteiger partial charge in [-0.1, -0.05) is 18.2 Å². The predicted molar refractivity (Wildman–Crippen MR) is 75.0 cm³/mol. The lowest BCUT2D eigenvalue weighted by Crippen LogP contribution is -2.06. The van der Waals surface area contributed by atoms with Crippen molar-refractivity contribution in [2.45, 2.75) is 19.5 Å². The molecule has 0 radical (unpaired) electrons. The van der Waals surface area contributed by atoms with E-state index in [1.165, 1.54) is 0 Å². The van der Waals surface area contributed by atoms with Gasteiger partial charge >= 0.3 is 6.18 Å². The van der Waals surface area contributed by atoms with Crippen LogP contribution in [0.15, 0.2) is 36.4 Å². The maximum Gasteiger partial charge on any atom is 0.416 e. The molecular formula is C16H12F4N2. The third kappa shape index (κ3) is 2.68. The number of nitrogens with one attached hydrogen (secondary N) is 1. The molecule has 0 aliphatic carbocycles. The Morgan fingerprint density at radius 1 is 1.14 bits per heavy atom. The lowest BCUT2D eigenvalue weighted by molar-refractivity contribution is -0.137. The van der Waals surface area contributed by atoms with Gasteiger partial charge in [-0.3, -0.25) is 0 Å². The number of benzene rings is 2. The van der Waals surface area contributed by atoms with Crippen molar-refractivity contribution in [1.82, 2.24) is 9.97 Å². The van der Waals surface area contributed by atoms with Crippen LogP contribution in [0.4, 0.5) is 17.6 Å². The summed E-state index contributed by atoms with van der Waals surface area (Å²) in [6, 6.07) is 8.18. The van der Waals surface area contributed by atoms with Crippen LogP contribution in [0.5, 0.6) is 0 Å². The van der Waals surface area contributed by atoms with Gasteiger partial charge in [-0.25, -0.2) is 9.37 Å². The molecule has 0 saturated heterocycles. The van der Waals surface area contributed by atoms with E-state index in [9.17, 15) is 17.6 Å². The fourth-order valence-electron chi connectivity index (χ4n) is 2.36. The molecule has 2 aromatic carbocycles. The van der Waals surface area contributed by atoms with Crippen molar-refractivity contribution in [2.24, 2.45) is 0 Å². The van der Waals surface area contributed by atoms with Gasteiger partial charge in [0.25, 0.3) is 0 Å². The zero-order valence-electron chi connectivity index (χ0n) is 11.6. The second-order valence-electron chi connectivity index (χ2n) is 5.14. The summed E-state index contributed by atoms with van der Waals surface area (Å²) < 4.78 is 51.4. The Balaban J connectivity index is 1.93. The molecule has 1 aromatic heterocycles. The summed E-state index contributed by atoms with van der Waals surface area (Å²) in [5.41, 5.74) is 1.76. The van der Waals surface area contributed by atoms with E-state index < -0.39 is 17.6 Å². The molecule has 0 bridgehead atoms. The molecule has 3 rings (SSSR count). The average Bonchev–Trinajstić information content (AvgIpc) is 2.84. The molecule has 22 heavy (non-hydrogen) atoms. The third-order valence-corrected chi connectivity index (χ3v) is 3.50. The summed E-state index contributed by atoms with van der Waals surface area (Å²) in [7, 11) is 0. The minimum Gasteiger partial charge on any atom is -0.342 e. The Morgan fingerprint density at radius 3 is 2.55 bits per heavy atom. The maximum absolute atomic E-state index is 13.9. The van der Waals surface area contributed by atoms with Gasteiger partial charge in [0, 0.05) is 6.42 Å². The number of para-hydroxylation sites is 1. The summed E-state index contributed by atoms with van der Waals surface area (Å²) in [5.74, 6) is -0.366. The van der Waals surface area contributed by atoms with Gasteiger partial charge < -0.3 is 4.98 Å². The van der Waals surface area contributed by atoms with E-state index in [4.69, 9.17) is 0 Å². The van der Waals surface area contributed by atoms with E-state index in [1.54, 1.807) is 0 Å². The van der Waals surface area contributed by atoms with Crippen molar-refractivity contribution in [3.8, 4) is 0 Å². The van der Waals surface area contributed by atoms with Gasteiger partial charge in [0.05, 0.1) is 16.6 Å². The molecule has 0 aliphatic rings. The molecule has 0 fully saturated rings. The van der Waals surface area contributed by atoms with Crippen molar-refractivity contribution in [3.05, 3.63) is 64.7 Å². The molecule has 114 valence electrons. The minimum atomic E-state index is -4.55. The van der Waals surface area contributed by atoms with Crippen LogP contribution in [-0.4, -0.2) is 9.97 Å². The summed E-state index contributed by atoms with van der Waals surface area (Å²) in [6.07, 6.45) is -4.44. The fourth-order valence-corrected chi connectivity index (χ4v) is 2.36. The van der Waals surface area contributed by atoms with Gasteiger partial charge in [-0.05, 0) is 36.2 Å². The first kappa shape index (κ1) is 14.6. The Labute approximate surface area is 123 Å². The summed E-state index contributed by atoms with van der Waals surface area (Å²) >= 11 is 0. The topological polar surface area (TPSA) is 28.7 Å². The quantitative estimate of drug-likeness (QED) is 0.688. The number of halogens is 4. The van der Waals surface area contributed by atoms with Gasteiger partial charge in [0.2, 0.25) is 0 Å². The van der Waals surface area contributed by atoms with E-state index in [0.29, 0.717) is 11.9 Å². The number of nitrogens with zero attached hydrogens (tertiary/aromatic N) is 1. The molecule has 3 aromatic rings. The van der Waals surface area contributed by atoms with Crippen LogP contribution < -0.4 is 0 Å². The highest BCUT2D eigenvalue weighted by molar-refractivity contribution is 5.78. The smallest absolute Gasteiger partial charge is 0.342 e. The van der Waals surface area contributed by atoms with Gasteiger partial charge in [-0.15, -0.1) is 0 Å². The third-order valence-electron chi connectivity index (χ3n) is 3.50. The monoisotopic (exact) mass is 308 g/mol. The van der Waals surface area contributed by atoms with Crippen LogP contribution in [0, 0.1) is 12.7 Å². The molecule has 0 atom stereocenters. The standard InChI is InChI=1S/C16H12F4N2/c1-9-3-2-4-13-15(9)22-14(21-13)7-10-5-6-11(8-12(10)17)16(18,19)20/h2-6,8H,7H2,1H3,(H,21,22). The van der Waals surface area contributed by atoms with Gasteiger partial charge in [0.1, 0.15) is 11.6 Å². The molecule has 0 amide bonds. The van der Waals surface area contributed by atoms with Crippen molar-refractivity contribution >= 4 is 11.0 Å². The number of rotatable bonds is 2. The number of hydrogen-bond donors (Lipinski definition) is 1. The number of alkyl halides is 3. The van der Waals surface area contributed by atoms with Crippen LogP contribution in [-0.2, 0) is 12.6 Å². The molecule has 0 spiro atoms. The molecule has 0 aliphatic heterocycles. The number of fused-ring (bicyclic) bond motifs is 1. The van der Waals surface area contributed by atoms with Crippen molar-refractivity contribution in [3.63, 3.8) is 0 Å². The Hall–Kier alpha value is -2.37. The SMILES string of the molecule is Cc1cccc2[nH]c(Cc3ccc(C(F)(F)F)cc3F)nc12. The Morgan fingerprint density at radius 2 is 1.91 bits per heavy atom. The maximum atomic E-state index is 13.9. The number of imidazole rings is 1. The predicted octanol–water partition coefficient (Wildman–Crippen LogP) is 4.62. The van der Waals surface area contributed by atoms with Crippen LogP contribution in [0.1, 0.15) is 22.5 Å². The molecular weight excluding hydrogens is 296 g/mol. The molecule has 0 unspecified atom stereocenters. The average molecular weight is 308 g/mol. The van der Waals surface area contributed by atoms with Crippen LogP contribution in [0.3, 0.4) is 0 Å². The van der Waals surface area contributed by atoms with E-state index in [1.807, 2.05) is 25.1 Å². The molecule has 6 heteroatoms. The van der Waals surface area contributed by atoms with E-state index >= 15 is 0 Å². The number of hydrogen-bond acceptors (Lipinski definition) is 1. The second-order valence-corrected chi connectivity index (χ2v) is 5.14. The van der Waals surface area contributed by atoms with Crippen LogP contribution >= 0.6 is 0 Å². The first-order valence-electron chi connectivity index (χ1n) is 6.64. The minimum absolute atomic E-state index is 0.109. The zero-order valence-corrected chi connectivity index (χ0v) is 11.6. The first-order chi connectivity index (χ1) is 10.3. The Bertz CT molecular complexity index is 834. The largest absolute Gasteiger partial charge is 0.416 e. The number of H-pyrrole nitrogens is 1. The molecule has 0 saturated carbocycles. The van der Waals surface area contributed by atoms with E-state index in [0.717, 1.165) is 28.7 Å². The second kappa shape index (κ2) is 5.12. The number of aromatic nitrogens is 2. The first-order valence-corrected chi connectivity index (χ1v) is 6.64. The highest BCUT2D eigenvalue weighted by Gasteiger charge is 2.31. The molecule has 2 nitrogen and oxygen atoms in total. The van der Waals surface area contributed by atoms with Crippen LogP contribution in [0.2, 0.25) is 0 Å². The van der Waals surface area contributed by atoms with E-state index in [-0.39, 0.29) is 12.0 Å². The van der Waals surface area contributed by atoms with Crippen molar-refractivity contribution < 1.29 is 17.6 Å². The van der Waals surface area contributed by atoms with Crippen molar-refractivity contribution in [1.29, 1.82) is 0 Å². The van der Waals surface area contributed by atoms with Gasteiger partial charge in [0.15, 0.2) is 0 Å². The highest BCUT2D eigenvalue weighted by Crippen LogP contribution is 2.30. The normalized spacial score (nSPS) is 12.0. The Kier molecular flexibility index (Phi) is 3.39. The number of aromatic amines is 1. The van der Waals surface area contributed by atoms with Crippen molar-refractivity contribution in [2.75, 3.05) is 0 Å². The molecule has 1 N–H and O–H groups in total. The van der Waals surface area contributed by atoms with Crippen LogP contribution in [0.25, 0.3) is 11.0 Å². The summed E-state index contributed by atoms with van der Waals surface area (Å²) in [5, 5.41) is 0. The zero-order chi connectivity index (χ0) is 15.9. The molecule has 1 heterocycles. The summed E-state index contributed by atoms with van der Waals surface area (Å²) in [6.45, 7) is 1.91. The summed E-state index contributed by atoms with van der Waals surface area (Å²) in [4.78, 5) is 7.43. The lowest BCUT2D eigenvalue weighted by atomic mass is 10.1. The number of aryl methyl sites for hydroxylation is 1. The van der Waals surface area contributed by atoms with Gasteiger partial charge in [-0.2, -0.15) is 13.2 Å². The lowest BCUT2D eigenvalue weighted by Gasteiger charge is -2.08. The van der Waals surface area contributed by atoms with E-state index in [2.05, 4.69) is 9.97 Å². The fraction of sp³-hybridized carbons (Fsp3) is 0.188.